The highest BCUT2D eigenvalue weighted by molar-refractivity contribution is 6.19. The third kappa shape index (κ3) is 5.75. The number of carbonyl (C=O) groups excluding carboxylic acids is 1. The number of hydrogen-bond donors (Lipinski definition) is 3. The Hall–Kier alpha value is -4.77. The maximum atomic E-state index is 13.1. The van der Waals surface area contributed by atoms with Crippen LogP contribution in [-0.4, -0.2) is 74.1 Å². The number of amidine groups is 1. The van der Waals surface area contributed by atoms with E-state index in [1.807, 2.05) is 54.6 Å². The maximum absolute atomic E-state index is 13.1. The highest BCUT2D eigenvalue weighted by Crippen LogP contribution is 2.29. The minimum Gasteiger partial charge on any atom is -0.405 e. The first kappa shape index (κ1) is 26.5. The second-order valence-corrected chi connectivity index (χ2v) is 10.0. The number of para-hydroxylation sites is 1. The number of aromatic nitrogens is 1. The smallest absolute Gasteiger partial charge is 0.291 e. The number of benzodiazepines with no additional fused rings is 1. The van der Waals surface area contributed by atoms with Gasteiger partial charge in [-0.2, -0.15) is 4.99 Å². The molecule has 0 unspecified atom stereocenters. The molecule has 3 aromatic rings. The highest BCUT2D eigenvalue weighted by Gasteiger charge is 2.27. The van der Waals surface area contributed by atoms with Gasteiger partial charge < -0.3 is 30.3 Å². The standard InChI is InChI=1S/C30H32N8O3/c31-27(26-24(38-14-16-40-17-15-38)18-21(19-33-26)37-12-6-7-13-37)41-30(32)36-28-29(39)34-23-11-5-4-10-22(23)25(35-28)20-8-2-1-3-9-20/h1-5,8-11,18-19,28,31H,6-7,12-17H2,(H2,32,36)(H,34,39)/t28-/m1/s1. The fourth-order valence-electron chi connectivity index (χ4n) is 5.27. The molecule has 11 heteroatoms. The van der Waals surface area contributed by atoms with Crippen LogP contribution < -0.4 is 20.9 Å². The molecule has 1 aromatic heterocycles. The van der Waals surface area contributed by atoms with Crippen LogP contribution in [0.4, 0.5) is 17.1 Å². The summed E-state index contributed by atoms with van der Waals surface area (Å²) >= 11 is 0. The number of morpholine rings is 1. The second kappa shape index (κ2) is 11.8. The third-order valence-corrected chi connectivity index (χ3v) is 7.32. The maximum Gasteiger partial charge on any atom is 0.291 e. The molecular formula is C30H32N8O3. The molecule has 3 aliphatic heterocycles. The van der Waals surface area contributed by atoms with Crippen molar-refractivity contribution < 1.29 is 14.3 Å². The van der Waals surface area contributed by atoms with Crippen LogP contribution in [0.1, 0.15) is 29.7 Å². The Morgan fingerprint density at radius 2 is 1.76 bits per heavy atom. The van der Waals surface area contributed by atoms with E-state index < -0.39 is 12.1 Å². The average Bonchev–Trinajstić information content (AvgIpc) is 3.51. The lowest BCUT2D eigenvalue weighted by molar-refractivity contribution is -0.117. The molecule has 0 spiro atoms. The van der Waals surface area contributed by atoms with Gasteiger partial charge in [0, 0.05) is 37.3 Å². The molecule has 210 valence electrons. The van der Waals surface area contributed by atoms with Crippen LogP contribution in [0.25, 0.3) is 0 Å². The lowest BCUT2D eigenvalue weighted by atomic mass is 10.0. The van der Waals surface area contributed by atoms with Gasteiger partial charge in [-0.05, 0) is 25.0 Å². The number of carbonyl (C=O) groups is 1. The van der Waals surface area contributed by atoms with Gasteiger partial charge in [0.1, 0.15) is 5.69 Å². The summed E-state index contributed by atoms with van der Waals surface area (Å²) in [6.45, 7) is 4.49. The average molecular weight is 553 g/mol. The highest BCUT2D eigenvalue weighted by atomic mass is 16.5. The van der Waals surface area contributed by atoms with Gasteiger partial charge in [0.2, 0.25) is 12.1 Å². The third-order valence-electron chi connectivity index (χ3n) is 7.32. The molecule has 4 heterocycles. The number of nitrogens with one attached hydrogen (secondary N) is 2. The van der Waals surface area contributed by atoms with Crippen LogP contribution in [0, 0.1) is 5.41 Å². The second-order valence-electron chi connectivity index (χ2n) is 10.0. The molecule has 11 nitrogen and oxygen atoms in total. The molecule has 1 amide bonds. The minimum atomic E-state index is -1.21. The molecule has 6 rings (SSSR count). The normalized spacial score (nSPS) is 19.2. The summed E-state index contributed by atoms with van der Waals surface area (Å²) in [6.07, 6.45) is 2.85. The molecule has 3 aliphatic rings. The Kier molecular flexibility index (Phi) is 7.59. The predicted molar refractivity (Wildman–Crippen MR) is 159 cm³/mol. The van der Waals surface area contributed by atoms with Crippen molar-refractivity contribution in [1.29, 1.82) is 5.41 Å². The number of hydrogen-bond acceptors (Lipinski definition) is 9. The summed E-state index contributed by atoms with van der Waals surface area (Å²) in [6, 6.07) is 18.7. The Morgan fingerprint density at radius 3 is 2.54 bits per heavy atom. The van der Waals surface area contributed by atoms with Gasteiger partial charge in [0.15, 0.2) is 0 Å². The van der Waals surface area contributed by atoms with Crippen molar-refractivity contribution in [3.05, 3.63) is 83.7 Å². The van der Waals surface area contributed by atoms with Gasteiger partial charge in [-0.3, -0.25) is 10.2 Å². The van der Waals surface area contributed by atoms with E-state index in [0.717, 1.165) is 48.4 Å². The van der Waals surface area contributed by atoms with E-state index >= 15 is 0 Å². The predicted octanol–water partition coefficient (Wildman–Crippen LogP) is 2.99. The van der Waals surface area contributed by atoms with Gasteiger partial charge in [-0.1, -0.05) is 48.5 Å². The first-order valence-corrected chi connectivity index (χ1v) is 13.8. The van der Waals surface area contributed by atoms with E-state index in [0.29, 0.717) is 43.4 Å². The number of rotatable bonds is 5. The summed E-state index contributed by atoms with van der Waals surface area (Å²) < 4.78 is 11.2. The monoisotopic (exact) mass is 552 g/mol. The van der Waals surface area contributed by atoms with Crippen LogP contribution in [0.2, 0.25) is 0 Å². The summed E-state index contributed by atoms with van der Waals surface area (Å²) in [5.41, 5.74) is 11.1. The van der Waals surface area contributed by atoms with Crippen LogP contribution in [0.5, 0.6) is 0 Å². The Bertz CT molecular complexity index is 1490. The summed E-state index contributed by atoms with van der Waals surface area (Å²) in [4.78, 5) is 31.2. The first-order chi connectivity index (χ1) is 20.1. The van der Waals surface area contributed by atoms with Crippen molar-refractivity contribution in [3.8, 4) is 0 Å². The molecule has 0 radical (unpaired) electrons. The Morgan fingerprint density at radius 1 is 1.02 bits per heavy atom. The van der Waals surface area contributed by atoms with Crippen molar-refractivity contribution in [2.24, 2.45) is 15.7 Å². The molecule has 0 saturated carbocycles. The van der Waals surface area contributed by atoms with Crippen molar-refractivity contribution in [1.82, 2.24) is 4.98 Å². The van der Waals surface area contributed by atoms with E-state index in [1.165, 1.54) is 0 Å². The van der Waals surface area contributed by atoms with E-state index in [9.17, 15) is 4.79 Å². The van der Waals surface area contributed by atoms with E-state index in [2.05, 4.69) is 36.2 Å². The van der Waals surface area contributed by atoms with Crippen molar-refractivity contribution in [3.63, 3.8) is 0 Å². The quantitative estimate of drug-likeness (QED) is 0.326. The zero-order chi connectivity index (χ0) is 28.2. The van der Waals surface area contributed by atoms with Crippen LogP contribution in [0.15, 0.2) is 76.8 Å². The molecule has 0 bridgehead atoms. The zero-order valence-electron chi connectivity index (χ0n) is 22.6. The van der Waals surface area contributed by atoms with Gasteiger partial charge in [-0.15, -0.1) is 0 Å². The van der Waals surface area contributed by atoms with Crippen LogP contribution in [0.3, 0.4) is 0 Å². The topological polar surface area (TPSA) is 142 Å². The number of benzene rings is 2. The molecule has 4 N–H and O–H groups in total. The number of nitrogens with zero attached hydrogens (tertiary/aromatic N) is 5. The zero-order valence-corrected chi connectivity index (χ0v) is 22.6. The molecule has 2 saturated heterocycles. The number of aliphatic imine (C=N–C) groups is 2. The molecule has 0 aliphatic carbocycles. The molecule has 41 heavy (non-hydrogen) atoms. The van der Waals surface area contributed by atoms with E-state index in [-0.39, 0.29) is 11.9 Å². The lowest BCUT2D eigenvalue weighted by Crippen LogP contribution is -2.38. The minimum absolute atomic E-state index is 0.259. The number of anilines is 3. The Balaban J connectivity index is 1.29. The summed E-state index contributed by atoms with van der Waals surface area (Å²) in [5, 5.41) is 11.6. The van der Waals surface area contributed by atoms with Gasteiger partial charge >= 0.3 is 0 Å². The SMILES string of the molecule is N=C(OC(N)=N[C@H]1N=C(c2ccccc2)c2ccccc2NC1=O)c1ncc(N2CCCC2)cc1N1CCOCC1. The largest absolute Gasteiger partial charge is 0.405 e. The summed E-state index contributed by atoms with van der Waals surface area (Å²) in [5.74, 6) is -0.714. The van der Waals surface area contributed by atoms with Crippen LogP contribution in [-0.2, 0) is 14.3 Å². The summed E-state index contributed by atoms with van der Waals surface area (Å²) in [7, 11) is 0. The van der Waals surface area contributed by atoms with E-state index in [4.69, 9.17) is 20.6 Å². The van der Waals surface area contributed by atoms with E-state index in [1.54, 1.807) is 6.20 Å². The molecule has 2 aromatic carbocycles. The van der Waals surface area contributed by atoms with Gasteiger partial charge in [0.25, 0.3) is 11.9 Å². The number of pyridine rings is 1. The fraction of sp³-hybridized carbons (Fsp3) is 0.300. The van der Waals surface area contributed by atoms with Crippen molar-refractivity contribution in [2.45, 2.75) is 19.0 Å². The van der Waals surface area contributed by atoms with Crippen molar-refractivity contribution in [2.75, 3.05) is 54.5 Å². The van der Waals surface area contributed by atoms with Crippen LogP contribution >= 0.6 is 0 Å². The number of amides is 1. The van der Waals surface area contributed by atoms with Gasteiger partial charge in [-0.25, -0.2) is 9.98 Å². The molecule has 2 fully saturated rings. The molecular weight excluding hydrogens is 520 g/mol. The Labute approximate surface area is 238 Å². The number of ether oxygens (including phenoxy) is 2. The fourth-order valence-corrected chi connectivity index (χ4v) is 5.27. The molecule has 1 atom stereocenters. The number of fused-ring (bicyclic) bond motifs is 1. The lowest BCUT2D eigenvalue weighted by Gasteiger charge is -2.31. The van der Waals surface area contributed by atoms with Gasteiger partial charge in [0.05, 0.1) is 42.2 Å². The van der Waals surface area contributed by atoms with Crippen molar-refractivity contribution >= 4 is 40.6 Å². The first-order valence-electron chi connectivity index (χ1n) is 13.8. The number of nitrogens with two attached hydrogens (primary N) is 1.